The number of hydrogen-bond acceptors (Lipinski definition) is 6. The fourth-order valence-corrected chi connectivity index (χ4v) is 2.77. The Kier molecular flexibility index (Phi) is 10.9. The molecule has 1 rings (SSSR count). The average Bonchev–Trinajstić information content (AvgIpc) is 2.68. The van der Waals surface area contributed by atoms with Crippen molar-refractivity contribution in [2.45, 2.75) is 33.7 Å². The number of aliphatic hydroxyl groups is 1. The maximum absolute atomic E-state index is 12.1. The summed E-state index contributed by atoms with van der Waals surface area (Å²) >= 11 is 0. The van der Waals surface area contributed by atoms with Crippen molar-refractivity contribution in [2.24, 2.45) is 0 Å². The van der Waals surface area contributed by atoms with Crippen LogP contribution in [0.5, 0.6) is 0 Å². The molecule has 0 aliphatic rings. The number of likely N-dealkylation sites (N-methyl/N-ethyl adjacent to an activating group) is 2. The molecule has 0 amide bonds. The van der Waals surface area contributed by atoms with Crippen LogP contribution < -0.4 is 5.32 Å². The summed E-state index contributed by atoms with van der Waals surface area (Å²) in [7, 11) is 0. The number of hydrogen-bond donors (Lipinski definition) is 2. The fourth-order valence-electron chi connectivity index (χ4n) is 2.77. The third-order valence-electron chi connectivity index (χ3n) is 4.62. The number of rotatable bonds is 13. The van der Waals surface area contributed by atoms with Gasteiger partial charge in [-0.05, 0) is 50.4 Å². The van der Waals surface area contributed by atoms with Gasteiger partial charge in [-0.1, -0.05) is 27.7 Å². The van der Waals surface area contributed by atoms with Crippen LogP contribution in [0.4, 0.5) is 5.69 Å². The number of carbonyl (C=O) groups is 1. The largest absolute Gasteiger partial charge is 0.461 e. The predicted octanol–water partition coefficient (Wildman–Crippen LogP) is 2.30. The first-order valence-corrected chi connectivity index (χ1v) is 9.67. The topological polar surface area (TPSA) is 65.0 Å². The minimum absolute atomic E-state index is 0.0400. The van der Waals surface area contributed by atoms with Crippen molar-refractivity contribution in [3.63, 3.8) is 0 Å². The van der Waals surface area contributed by atoms with E-state index in [2.05, 4.69) is 42.8 Å². The van der Waals surface area contributed by atoms with Crippen molar-refractivity contribution in [3.8, 4) is 0 Å². The highest BCUT2D eigenvalue weighted by molar-refractivity contribution is 5.89. The van der Waals surface area contributed by atoms with E-state index in [9.17, 15) is 9.90 Å². The highest BCUT2D eigenvalue weighted by Gasteiger charge is 2.12. The Labute approximate surface area is 158 Å². The number of esters is 1. The first-order chi connectivity index (χ1) is 12.6. The van der Waals surface area contributed by atoms with E-state index in [0.717, 1.165) is 45.0 Å². The first kappa shape index (κ1) is 22.4. The Morgan fingerprint density at radius 3 is 2.12 bits per heavy atom. The Morgan fingerprint density at radius 1 is 1.04 bits per heavy atom. The molecule has 6 heteroatoms. The van der Waals surface area contributed by atoms with Gasteiger partial charge >= 0.3 is 5.97 Å². The van der Waals surface area contributed by atoms with Crippen LogP contribution in [0.2, 0.25) is 0 Å². The highest BCUT2D eigenvalue weighted by atomic mass is 16.5. The minimum atomic E-state index is -0.300. The number of benzene rings is 1. The second-order valence-corrected chi connectivity index (χ2v) is 6.25. The van der Waals surface area contributed by atoms with Crippen LogP contribution in [0.1, 0.15) is 38.1 Å². The molecule has 0 radical (unpaired) electrons. The highest BCUT2D eigenvalue weighted by Crippen LogP contribution is 2.12. The smallest absolute Gasteiger partial charge is 0.338 e. The number of nitrogens with one attached hydrogen (secondary N) is 1. The quantitative estimate of drug-likeness (QED) is 0.523. The van der Waals surface area contributed by atoms with E-state index in [4.69, 9.17) is 4.74 Å². The maximum Gasteiger partial charge on any atom is 0.338 e. The zero-order chi connectivity index (χ0) is 19.4. The number of anilines is 1. The van der Waals surface area contributed by atoms with Gasteiger partial charge in [0.05, 0.1) is 18.2 Å². The van der Waals surface area contributed by atoms with E-state index in [-0.39, 0.29) is 18.6 Å². The van der Waals surface area contributed by atoms with E-state index in [1.165, 1.54) is 0 Å². The third kappa shape index (κ3) is 7.72. The van der Waals surface area contributed by atoms with Gasteiger partial charge in [0, 0.05) is 18.8 Å². The van der Waals surface area contributed by atoms with Crippen LogP contribution in [0.15, 0.2) is 24.3 Å². The molecule has 0 aromatic heterocycles. The molecule has 0 spiro atoms. The molecule has 1 aromatic carbocycles. The lowest BCUT2D eigenvalue weighted by molar-refractivity contribution is 0.0466. The van der Waals surface area contributed by atoms with Crippen molar-refractivity contribution in [1.29, 1.82) is 0 Å². The van der Waals surface area contributed by atoms with E-state index >= 15 is 0 Å². The van der Waals surface area contributed by atoms with Crippen LogP contribution >= 0.6 is 0 Å². The zero-order valence-corrected chi connectivity index (χ0v) is 16.7. The van der Waals surface area contributed by atoms with Crippen molar-refractivity contribution in [2.75, 3.05) is 57.8 Å². The van der Waals surface area contributed by atoms with Gasteiger partial charge in [-0.3, -0.25) is 0 Å². The lowest BCUT2D eigenvalue weighted by Gasteiger charge is -2.25. The van der Waals surface area contributed by atoms with Gasteiger partial charge in [-0.25, -0.2) is 4.79 Å². The second-order valence-electron chi connectivity index (χ2n) is 6.25. The van der Waals surface area contributed by atoms with Gasteiger partial charge in [-0.15, -0.1) is 0 Å². The molecular weight excluding hydrogens is 330 g/mol. The average molecular weight is 366 g/mol. The van der Waals surface area contributed by atoms with Crippen molar-refractivity contribution in [3.05, 3.63) is 29.8 Å². The van der Waals surface area contributed by atoms with E-state index in [0.29, 0.717) is 12.2 Å². The van der Waals surface area contributed by atoms with Crippen molar-refractivity contribution >= 4 is 11.7 Å². The molecule has 0 aliphatic carbocycles. The van der Waals surface area contributed by atoms with Crippen LogP contribution in [-0.2, 0) is 4.74 Å². The Hall–Kier alpha value is -1.63. The standard InChI is InChI=1S/C20H35N3O3/c1-5-22(6-2)13-14-26-20(25)17-9-11-18(12-10-17)21-19(16-24)15-23(7-3)8-4/h9-12,19,21,24H,5-8,13-16H2,1-4H3/t19-/m0/s1. The van der Waals surface area contributed by atoms with Crippen LogP contribution in [0, 0.1) is 0 Å². The van der Waals surface area contributed by atoms with Gasteiger partial charge in [-0.2, -0.15) is 0 Å². The molecule has 2 N–H and O–H groups in total. The molecule has 1 atom stereocenters. The molecule has 0 fully saturated rings. The van der Waals surface area contributed by atoms with E-state index < -0.39 is 0 Å². The lowest BCUT2D eigenvalue weighted by Crippen LogP contribution is -2.38. The van der Waals surface area contributed by atoms with Gasteiger partial charge in [0.25, 0.3) is 0 Å². The summed E-state index contributed by atoms with van der Waals surface area (Å²) in [5, 5.41) is 12.9. The molecule has 0 aliphatic heterocycles. The van der Waals surface area contributed by atoms with Crippen molar-refractivity contribution in [1.82, 2.24) is 9.80 Å². The number of carbonyl (C=O) groups excluding carboxylic acids is 1. The molecule has 0 saturated heterocycles. The molecule has 6 nitrogen and oxygen atoms in total. The molecule has 0 heterocycles. The monoisotopic (exact) mass is 365 g/mol. The van der Waals surface area contributed by atoms with Gasteiger partial charge in [0.15, 0.2) is 0 Å². The van der Waals surface area contributed by atoms with Crippen LogP contribution in [-0.4, -0.2) is 79.4 Å². The van der Waals surface area contributed by atoms with Gasteiger partial charge < -0.3 is 25.0 Å². The summed E-state index contributed by atoms with van der Waals surface area (Å²) in [5.41, 5.74) is 1.43. The SMILES string of the molecule is CCN(CC)CCOC(=O)c1ccc(N[C@H](CO)CN(CC)CC)cc1. The molecule has 1 aromatic rings. The Balaban J connectivity index is 2.52. The Bertz CT molecular complexity index is 500. The lowest BCUT2D eigenvalue weighted by atomic mass is 10.2. The summed E-state index contributed by atoms with van der Waals surface area (Å²) < 4.78 is 5.34. The van der Waals surface area contributed by atoms with Gasteiger partial charge in [0.2, 0.25) is 0 Å². The third-order valence-corrected chi connectivity index (χ3v) is 4.62. The summed E-state index contributed by atoms with van der Waals surface area (Å²) in [4.78, 5) is 16.6. The van der Waals surface area contributed by atoms with Crippen LogP contribution in [0.25, 0.3) is 0 Å². The fraction of sp³-hybridized carbons (Fsp3) is 0.650. The molecule has 0 bridgehead atoms. The van der Waals surface area contributed by atoms with Crippen LogP contribution in [0.3, 0.4) is 0 Å². The zero-order valence-electron chi connectivity index (χ0n) is 16.7. The molecule has 0 saturated carbocycles. The Morgan fingerprint density at radius 2 is 1.62 bits per heavy atom. The summed E-state index contributed by atoms with van der Waals surface area (Å²) in [6.07, 6.45) is 0. The summed E-state index contributed by atoms with van der Waals surface area (Å²) in [5.74, 6) is -0.300. The normalized spacial score (nSPS) is 12.4. The van der Waals surface area contributed by atoms with Crippen molar-refractivity contribution < 1.29 is 14.6 Å². The summed E-state index contributed by atoms with van der Waals surface area (Å²) in [6, 6.07) is 7.18. The van der Waals surface area contributed by atoms with E-state index in [1.807, 2.05) is 12.1 Å². The first-order valence-electron chi connectivity index (χ1n) is 9.67. The number of nitrogens with zero attached hydrogens (tertiary/aromatic N) is 2. The molecule has 0 unspecified atom stereocenters. The maximum atomic E-state index is 12.1. The van der Waals surface area contributed by atoms with E-state index in [1.54, 1.807) is 12.1 Å². The molecule has 26 heavy (non-hydrogen) atoms. The number of aliphatic hydroxyl groups excluding tert-OH is 1. The second kappa shape index (κ2) is 12.7. The predicted molar refractivity (Wildman–Crippen MR) is 107 cm³/mol. The minimum Gasteiger partial charge on any atom is -0.461 e. The molecular formula is C20H35N3O3. The summed E-state index contributed by atoms with van der Waals surface area (Å²) in [6.45, 7) is 14.2. The molecule has 148 valence electrons. The van der Waals surface area contributed by atoms with Gasteiger partial charge in [0.1, 0.15) is 6.61 Å². The number of ether oxygens (including phenoxy) is 1.